The van der Waals surface area contributed by atoms with E-state index >= 15 is 0 Å². The van der Waals surface area contributed by atoms with Gasteiger partial charge in [0.1, 0.15) is 11.4 Å². The van der Waals surface area contributed by atoms with Gasteiger partial charge in [-0.3, -0.25) is 29.4 Å². The van der Waals surface area contributed by atoms with Crippen molar-refractivity contribution in [1.82, 2.24) is 19.8 Å². The molecule has 2 aliphatic carbocycles. The molecule has 8 rings (SSSR count). The molecule has 0 bridgehead atoms. The van der Waals surface area contributed by atoms with Gasteiger partial charge in [0, 0.05) is 49.8 Å². The van der Waals surface area contributed by atoms with Crippen LogP contribution >= 0.6 is 11.6 Å². The fourth-order valence-electron chi connectivity index (χ4n) is 7.64. The lowest BCUT2D eigenvalue weighted by atomic mass is 9.98. The zero-order valence-electron chi connectivity index (χ0n) is 29.2. The van der Waals surface area contributed by atoms with Crippen molar-refractivity contribution in [1.29, 1.82) is 0 Å². The van der Waals surface area contributed by atoms with Gasteiger partial charge in [0.05, 0.1) is 16.3 Å². The minimum Gasteiger partial charge on any atom is -0.389 e. The van der Waals surface area contributed by atoms with E-state index in [2.05, 4.69) is 30.4 Å². The zero-order chi connectivity index (χ0) is 35.1. The van der Waals surface area contributed by atoms with Gasteiger partial charge < -0.3 is 15.7 Å². The average Bonchev–Trinajstić information content (AvgIpc) is 4.09. The number of anilines is 2. The van der Waals surface area contributed by atoms with Crippen LogP contribution in [0.5, 0.6) is 0 Å². The molecule has 2 amide bonds. The standard InChI is InChI=1S/C41H45ClN6O3/c1-26-31(7-5-9-34(26)45-40(50)37-20-33(27-11-12-27)30(22-44-37)24-47-16-3-2-4-17-47)32-8-6-10-35(38(32)42)46-39(49)36-19-28-13-18-48(23-29(28)21-43-36)25-41(51)14-15-41/h5-10,19-22,27,51H,2-4,11-18,23-25H2,1H3,(H,45,50)(H,46,49). The molecule has 9 nitrogen and oxygen atoms in total. The summed E-state index contributed by atoms with van der Waals surface area (Å²) in [6, 6.07) is 15.2. The van der Waals surface area contributed by atoms with Crippen LogP contribution < -0.4 is 10.6 Å². The number of rotatable bonds is 10. The topological polar surface area (TPSA) is 111 Å². The number of aliphatic hydroxyl groups is 1. The SMILES string of the molecule is Cc1c(NC(=O)c2cc(C3CC3)c(CN3CCCCC3)cn2)cccc1-c1cccc(NC(=O)c2cc3c(cn2)CN(CC2(O)CC2)CC3)c1Cl. The van der Waals surface area contributed by atoms with Gasteiger partial charge in [-0.05, 0) is 129 Å². The van der Waals surface area contributed by atoms with Crippen molar-refractivity contribution in [3.05, 3.63) is 105 Å². The second-order valence-corrected chi connectivity index (χ2v) is 15.3. The van der Waals surface area contributed by atoms with Gasteiger partial charge in [-0.25, -0.2) is 0 Å². The molecule has 4 heterocycles. The normalized spacial score (nSPS) is 18.6. The number of hydrogen-bond acceptors (Lipinski definition) is 7. The molecule has 0 atom stereocenters. The van der Waals surface area contributed by atoms with Crippen molar-refractivity contribution in [2.75, 3.05) is 36.8 Å². The lowest BCUT2D eigenvalue weighted by molar-refractivity contribution is 0.0854. The van der Waals surface area contributed by atoms with Crippen molar-refractivity contribution in [2.24, 2.45) is 0 Å². The quantitative estimate of drug-likeness (QED) is 0.158. The van der Waals surface area contributed by atoms with Crippen LogP contribution in [0.1, 0.15) is 99.7 Å². The maximum atomic E-state index is 13.6. The van der Waals surface area contributed by atoms with Crippen LogP contribution in [0, 0.1) is 6.92 Å². The van der Waals surface area contributed by atoms with Crippen molar-refractivity contribution in [3.8, 4) is 11.1 Å². The summed E-state index contributed by atoms with van der Waals surface area (Å²) in [4.78, 5) is 40.8. The number of aromatic nitrogens is 2. The summed E-state index contributed by atoms with van der Waals surface area (Å²) in [5, 5.41) is 16.8. The molecule has 4 aromatic rings. The summed E-state index contributed by atoms with van der Waals surface area (Å²) >= 11 is 6.97. The summed E-state index contributed by atoms with van der Waals surface area (Å²) < 4.78 is 0. The molecule has 10 heteroatoms. The highest BCUT2D eigenvalue weighted by Gasteiger charge is 2.42. The van der Waals surface area contributed by atoms with Crippen molar-refractivity contribution in [2.45, 2.75) is 82.9 Å². The number of likely N-dealkylation sites (tertiary alicyclic amines) is 1. The van der Waals surface area contributed by atoms with Crippen LogP contribution in [-0.2, 0) is 19.5 Å². The molecule has 2 aromatic carbocycles. The number of hydrogen-bond donors (Lipinski definition) is 3. The molecular weight excluding hydrogens is 660 g/mol. The highest BCUT2D eigenvalue weighted by atomic mass is 35.5. The van der Waals surface area contributed by atoms with Gasteiger partial charge in [0.15, 0.2) is 0 Å². The predicted molar refractivity (Wildman–Crippen MR) is 200 cm³/mol. The molecule has 3 fully saturated rings. The maximum Gasteiger partial charge on any atom is 0.274 e. The summed E-state index contributed by atoms with van der Waals surface area (Å²) in [6.45, 7) is 7.36. The molecule has 4 aliphatic rings. The first-order valence-electron chi connectivity index (χ1n) is 18.4. The molecule has 0 unspecified atom stereocenters. The largest absolute Gasteiger partial charge is 0.389 e. The van der Waals surface area contributed by atoms with E-state index in [0.717, 1.165) is 92.6 Å². The Balaban J connectivity index is 0.962. The Morgan fingerprint density at radius 2 is 1.55 bits per heavy atom. The highest BCUT2D eigenvalue weighted by molar-refractivity contribution is 6.36. The molecule has 2 aromatic heterocycles. The lowest BCUT2D eigenvalue weighted by Gasteiger charge is -2.30. The van der Waals surface area contributed by atoms with Crippen molar-refractivity contribution in [3.63, 3.8) is 0 Å². The second kappa shape index (κ2) is 14.1. The zero-order valence-corrected chi connectivity index (χ0v) is 29.9. The fraction of sp³-hybridized carbons (Fsp3) is 0.415. The number of amides is 2. The first-order valence-corrected chi connectivity index (χ1v) is 18.8. The molecule has 2 aliphatic heterocycles. The van der Waals surface area contributed by atoms with Gasteiger partial charge in [-0.2, -0.15) is 0 Å². The second-order valence-electron chi connectivity index (χ2n) is 15.0. The number of nitrogens with zero attached hydrogens (tertiary/aromatic N) is 4. The van der Waals surface area contributed by atoms with Gasteiger partial charge >= 0.3 is 0 Å². The molecule has 1 saturated heterocycles. The Hall–Kier alpha value is -4.15. The minimum absolute atomic E-state index is 0.237. The number of halogens is 1. The van der Waals surface area contributed by atoms with E-state index in [0.29, 0.717) is 40.2 Å². The Kier molecular flexibility index (Phi) is 9.40. The fourth-order valence-corrected chi connectivity index (χ4v) is 7.91. The van der Waals surface area contributed by atoms with E-state index in [-0.39, 0.29) is 11.8 Å². The van der Waals surface area contributed by atoms with Gasteiger partial charge in [-0.15, -0.1) is 0 Å². The Morgan fingerprint density at radius 1 is 0.863 bits per heavy atom. The lowest BCUT2D eigenvalue weighted by Crippen LogP contribution is -2.37. The van der Waals surface area contributed by atoms with E-state index in [4.69, 9.17) is 11.6 Å². The maximum absolute atomic E-state index is 13.6. The molecular formula is C41H45ClN6O3. The number of benzene rings is 2. The van der Waals surface area contributed by atoms with Crippen LogP contribution in [0.4, 0.5) is 11.4 Å². The number of fused-ring (bicyclic) bond motifs is 1. The Labute approximate surface area is 304 Å². The third-order valence-electron chi connectivity index (χ3n) is 11.0. The van der Waals surface area contributed by atoms with Gasteiger partial charge in [-0.1, -0.05) is 42.3 Å². The van der Waals surface area contributed by atoms with E-state index in [1.54, 1.807) is 12.3 Å². The van der Waals surface area contributed by atoms with Crippen LogP contribution in [0.2, 0.25) is 5.02 Å². The van der Waals surface area contributed by atoms with E-state index in [9.17, 15) is 14.7 Å². The van der Waals surface area contributed by atoms with Crippen molar-refractivity contribution < 1.29 is 14.7 Å². The molecule has 2 saturated carbocycles. The average molecular weight is 705 g/mol. The first kappa shape index (κ1) is 34.0. The number of β-amino-alcohol motifs (C(OH)–C–C–N with tert-alkyl or cyclic N) is 1. The van der Waals surface area contributed by atoms with Crippen LogP contribution in [0.3, 0.4) is 0 Å². The predicted octanol–water partition coefficient (Wildman–Crippen LogP) is 7.36. The van der Waals surface area contributed by atoms with E-state index in [1.165, 1.54) is 30.4 Å². The van der Waals surface area contributed by atoms with Gasteiger partial charge in [0.25, 0.3) is 11.8 Å². The van der Waals surface area contributed by atoms with Crippen molar-refractivity contribution >= 4 is 34.8 Å². The molecule has 264 valence electrons. The van der Waals surface area contributed by atoms with E-state index in [1.807, 2.05) is 55.6 Å². The minimum atomic E-state index is -0.525. The number of nitrogens with one attached hydrogen (secondary N) is 2. The summed E-state index contributed by atoms with van der Waals surface area (Å²) in [6.07, 6.45) is 12.3. The number of carbonyl (C=O) groups excluding carboxylic acids is 2. The molecule has 0 spiro atoms. The van der Waals surface area contributed by atoms with Crippen LogP contribution in [0.25, 0.3) is 11.1 Å². The number of piperidine rings is 1. The summed E-state index contributed by atoms with van der Waals surface area (Å²) in [5.41, 5.74) is 8.57. The smallest absolute Gasteiger partial charge is 0.274 e. The summed E-state index contributed by atoms with van der Waals surface area (Å²) in [5.74, 6) is -0.0517. The third kappa shape index (κ3) is 7.58. The Morgan fingerprint density at radius 3 is 2.29 bits per heavy atom. The third-order valence-corrected chi connectivity index (χ3v) is 11.4. The van der Waals surface area contributed by atoms with Gasteiger partial charge in [0.2, 0.25) is 0 Å². The first-order chi connectivity index (χ1) is 24.7. The monoisotopic (exact) mass is 704 g/mol. The number of carbonyl (C=O) groups is 2. The molecule has 3 N–H and O–H groups in total. The van der Waals surface area contributed by atoms with Crippen LogP contribution in [-0.4, -0.2) is 68.5 Å². The van der Waals surface area contributed by atoms with E-state index < -0.39 is 5.60 Å². The molecule has 0 radical (unpaired) electrons. The summed E-state index contributed by atoms with van der Waals surface area (Å²) in [7, 11) is 0. The highest BCUT2D eigenvalue weighted by Crippen LogP contribution is 2.43. The van der Waals surface area contributed by atoms with Crippen LogP contribution in [0.15, 0.2) is 60.9 Å². The molecule has 51 heavy (non-hydrogen) atoms. The number of pyridine rings is 2. The Bertz CT molecular complexity index is 1980.